The van der Waals surface area contributed by atoms with Gasteiger partial charge in [-0.05, 0) is 24.6 Å². The highest BCUT2D eigenvalue weighted by molar-refractivity contribution is 5.93. The van der Waals surface area contributed by atoms with Crippen LogP contribution in [0.3, 0.4) is 0 Å². The van der Waals surface area contributed by atoms with E-state index in [4.69, 9.17) is 0 Å². The van der Waals surface area contributed by atoms with Crippen molar-refractivity contribution in [3.63, 3.8) is 0 Å². The number of carbonyl (C=O) groups excluding carboxylic acids is 1. The number of nitrogens with one attached hydrogen (secondary N) is 3. The molecule has 1 aromatic carbocycles. The summed E-state index contributed by atoms with van der Waals surface area (Å²) in [6, 6.07) is 7.63. The van der Waals surface area contributed by atoms with Gasteiger partial charge < -0.3 is 10.6 Å². The van der Waals surface area contributed by atoms with Crippen LogP contribution in [-0.2, 0) is 0 Å². The minimum absolute atomic E-state index is 0.0624. The molecule has 3 N–H and O–H groups in total. The zero-order valence-corrected chi connectivity index (χ0v) is 12.3. The van der Waals surface area contributed by atoms with Crippen LogP contribution in [0.4, 0.5) is 22.0 Å². The summed E-state index contributed by atoms with van der Waals surface area (Å²) >= 11 is 0. The van der Waals surface area contributed by atoms with Crippen molar-refractivity contribution in [1.82, 2.24) is 25.5 Å². The Hall–Kier alpha value is -3.16. The fraction of sp³-hybridized carbons (Fsp3) is 0.200. The number of urea groups is 1. The molecule has 0 aliphatic carbocycles. The predicted molar refractivity (Wildman–Crippen MR) is 86.8 cm³/mol. The number of hydrogen-bond acceptors (Lipinski definition) is 5. The molecule has 4 rings (SSSR count). The molecular formula is C15H15N7O. The molecular weight excluding hydrogens is 294 g/mol. The molecule has 8 heteroatoms. The summed E-state index contributed by atoms with van der Waals surface area (Å²) in [6.45, 7) is 1.45. The van der Waals surface area contributed by atoms with Crippen molar-refractivity contribution in [2.75, 3.05) is 23.3 Å². The van der Waals surface area contributed by atoms with Gasteiger partial charge in [0.05, 0.1) is 11.6 Å². The van der Waals surface area contributed by atoms with E-state index in [1.54, 1.807) is 11.1 Å². The highest BCUT2D eigenvalue weighted by Gasteiger charge is 2.19. The smallest absolute Gasteiger partial charge is 0.321 e. The Kier molecular flexibility index (Phi) is 3.26. The molecule has 0 spiro atoms. The molecule has 8 nitrogen and oxygen atoms in total. The van der Waals surface area contributed by atoms with Crippen molar-refractivity contribution >= 4 is 34.3 Å². The van der Waals surface area contributed by atoms with E-state index in [1.165, 1.54) is 6.33 Å². The second-order valence-corrected chi connectivity index (χ2v) is 5.27. The van der Waals surface area contributed by atoms with E-state index in [0.29, 0.717) is 11.5 Å². The molecule has 1 fully saturated rings. The van der Waals surface area contributed by atoms with Crippen molar-refractivity contribution in [3.8, 4) is 0 Å². The fourth-order valence-electron chi connectivity index (χ4n) is 2.63. The zero-order chi connectivity index (χ0) is 15.6. The lowest BCUT2D eigenvalue weighted by Gasteiger charge is -2.27. The van der Waals surface area contributed by atoms with E-state index in [9.17, 15) is 4.79 Å². The molecule has 2 amide bonds. The second kappa shape index (κ2) is 5.56. The van der Waals surface area contributed by atoms with Gasteiger partial charge in [0, 0.05) is 24.5 Å². The van der Waals surface area contributed by atoms with Gasteiger partial charge >= 0.3 is 6.03 Å². The van der Waals surface area contributed by atoms with Gasteiger partial charge in [-0.2, -0.15) is 5.10 Å². The van der Waals surface area contributed by atoms with Gasteiger partial charge in [0.1, 0.15) is 12.1 Å². The number of amides is 2. The highest BCUT2D eigenvalue weighted by atomic mass is 16.2. The number of anilines is 3. The van der Waals surface area contributed by atoms with Crippen molar-refractivity contribution < 1.29 is 4.79 Å². The first kappa shape index (κ1) is 13.5. The molecule has 0 radical (unpaired) electrons. The first-order chi connectivity index (χ1) is 11.3. The van der Waals surface area contributed by atoms with Gasteiger partial charge in [-0.15, -0.1) is 0 Å². The lowest BCUT2D eigenvalue weighted by atomic mass is 10.2. The van der Waals surface area contributed by atoms with E-state index >= 15 is 0 Å². The second-order valence-electron chi connectivity index (χ2n) is 5.27. The first-order valence-electron chi connectivity index (χ1n) is 7.38. The molecule has 23 heavy (non-hydrogen) atoms. The van der Waals surface area contributed by atoms with E-state index < -0.39 is 0 Å². The number of aromatic amines is 1. The largest absolute Gasteiger partial charge is 0.339 e. The number of H-pyrrole nitrogens is 1. The van der Waals surface area contributed by atoms with Gasteiger partial charge in [0.15, 0.2) is 5.65 Å². The molecule has 0 atom stereocenters. The molecule has 0 unspecified atom stereocenters. The van der Waals surface area contributed by atoms with Crippen LogP contribution in [0.2, 0.25) is 0 Å². The lowest BCUT2D eigenvalue weighted by molar-refractivity contribution is 0.243. The maximum absolute atomic E-state index is 12.0. The molecule has 1 aliphatic heterocycles. The van der Waals surface area contributed by atoms with Crippen LogP contribution in [0.1, 0.15) is 6.42 Å². The average molecular weight is 309 g/mol. The molecule has 116 valence electrons. The van der Waals surface area contributed by atoms with E-state index in [1.807, 2.05) is 24.3 Å². The molecule has 2 aromatic heterocycles. The Balaban J connectivity index is 1.64. The Labute approximate surface area is 131 Å². The van der Waals surface area contributed by atoms with Crippen LogP contribution < -0.4 is 15.5 Å². The normalized spacial score (nSPS) is 14.8. The first-order valence-corrected chi connectivity index (χ1v) is 7.38. The number of benzene rings is 1. The standard InChI is InChI=1S/C15H15N7O/c23-15-16-5-2-6-22(15)11-4-1-3-10(7-11)20-13-12-8-19-21-14(12)18-9-17-13/h1,3-4,7-9H,2,5-6H2,(H,16,23)(H2,17,18,19,20,21). The van der Waals surface area contributed by atoms with Crippen molar-refractivity contribution in [2.45, 2.75) is 6.42 Å². The Morgan fingerprint density at radius 2 is 2.22 bits per heavy atom. The molecule has 0 saturated carbocycles. The van der Waals surface area contributed by atoms with Gasteiger partial charge in [-0.3, -0.25) is 10.00 Å². The molecule has 1 saturated heterocycles. The van der Waals surface area contributed by atoms with Crippen LogP contribution in [0.25, 0.3) is 11.0 Å². The monoisotopic (exact) mass is 309 g/mol. The highest BCUT2D eigenvalue weighted by Crippen LogP contribution is 2.25. The van der Waals surface area contributed by atoms with Gasteiger partial charge in [0.25, 0.3) is 0 Å². The minimum atomic E-state index is -0.0624. The lowest BCUT2D eigenvalue weighted by Crippen LogP contribution is -2.46. The number of hydrogen-bond donors (Lipinski definition) is 3. The molecule has 3 heterocycles. The van der Waals surface area contributed by atoms with E-state index in [-0.39, 0.29) is 6.03 Å². The summed E-state index contributed by atoms with van der Waals surface area (Å²) in [4.78, 5) is 22.1. The predicted octanol–water partition coefficient (Wildman–Crippen LogP) is 2.02. The van der Waals surface area contributed by atoms with Crippen LogP contribution >= 0.6 is 0 Å². The number of fused-ring (bicyclic) bond motifs is 1. The van der Waals surface area contributed by atoms with Crippen LogP contribution in [-0.4, -0.2) is 39.3 Å². The van der Waals surface area contributed by atoms with Crippen LogP contribution in [0.15, 0.2) is 36.8 Å². The third kappa shape index (κ3) is 2.54. The SMILES string of the molecule is O=C1NCCCN1c1cccc(Nc2ncnc3[nH]ncc23)c1. The summed E-state index contributed by atoms with van der Waals surface area (Å²) in [5.41, 5.74) is 2.38. The number of aromatic nitrogens is 4. The maximum atomic E-state index is 12.0. The zero-order valence-electron chi connectivity index (χ0n) is 12.3. The fourth-order valence-corrected chi connectivity index (χ4v) is 2.63. The third-order valence-corrected chi connectivity index (χ3v) is 3.75. The summed E-state index contributed by atoms with van der Waals surface area (Å²) in [5.74, 6) is 0.670. The average Bonchev–Trinajstić information content (AvgIpc) is 3.05. The van der Waals surface area contributed by atoms with Gasteiger partial charge in [-0.25, -0.2) is 14.8 Å². The minimum Gasteiger partial charge on any atom is -0.339 e. The Morgan fingerprint density at radius 3 is 3.13 bits per heavy atom. The summed E-state index contributed by atoms with van der Waals surface area (Å²) in [5, 5.41) is 13.7. The summed E-state index contributed by atoms with van der Waals surface area (Å²) in [6.07, 6.45) is 4.09. The van der Waals surface area contributed by atoms with Crippen molar-refractivity contribution in [1.29, 1.82) is 0 Å². The van der Waals surface area contributed by atoms with Crippen molar-refractivity contribution in [2.24, 2.45) is 0 Å². The number of carbonyl (C=O) groups is 1. The summed E-state index contributed by atoms with van der Waals surface area (Å²) < 4.78 is 0. The van der Waals surface area contributed by atoms with E-state index in [0.717, 1.165) is 36.3 Å². The number of rotatable bonds is 3. The van der Waals surface area contributed by atoms with E-state index in [2.05, 4.69) is 30.8 Å². The quantitative estimate of drug-likeness (QED) is 0.687. The summed E-state index contributed by atoms with van der Waals surface area (Å²) in [7, 11) is 0. The van der Waals surface area contributed by atoms with Crippen LogP contribution in [0.5, 0.6) is 0 Å². The Morgan fingerprint density at radius 1 is 1.26 bits per heavy atom. The topological polar surface area (TPSA) is 98.8 Å². The van der Waals surface area contributed by atoms with Crippen molar-refractivity contribution in [3.05, 3.63) is 36.8 Å². The maximum Gasteiger partial charge on any atom is 0.321 e. The van der Waals surface area contributed by atoms with Gasteiger partial charge in [0.2, 0.25) is 0 Å². The van der Waals surface area contributed by atoms with Crippen LogP contribution in [0, 0.1) is 0 Å². The molecule has 3 aromatic rings. The Bertz CT molecular complexity index is 860. The molecule has 0 bridgehead atoms. The number of nitrogens with zero attached hydrogens (tertiary/aromatic N) is 4. The van der Waals surface area contributed by atoms with Gasteiger partial charge in [-0.1, -0.05) is 6.07 Å². The molecule has 1 aliphatic rings. The third-order valence-electron chi connectivity index (χ3n) is 3.75.